The van der Waals surface area contributed by atoms with Crippen LogP contribution in [0.2, 0.25) is 0 Å². The second-order valence-corrected chi connectivity index (χ2v) is 2.98. The Balaban J connectivity index is 3.21. The predicted octanol–water partition coefficient (Wildman–Crippen LogP) is 3.04. The van der Waals surface area contributed by atoms with Crippen molar-refractivity contribution in [2.24, 2.45) is 0 Å². The van der Waals surface area contributed by atoms with Crippen molar-refractivity contribution in [3.05, 3.63) is 34.9 Å². The molecule has 0 spiro atoms. The molecule has 1 rings (SSSR count). The summed E-state index contributed by atoms with van der Waals surface area (Å²) < 4.78 is 0. The van der Waals surface area contributed by atoms with E-state index < -0.39 is 0 Å². The highest BCUT2D eigenvalue weighted by atomic mass is 16.3. The fraction of sp³-hybridized carbons (Fsp3) is 0.273. The third-order valence-corrected chi connectivity index (χ3v) is 2.02. The SMILES string of the molecule is C/C=C/c1cc(C)c(C)c(O)c1. The van der Waals surface area contributed by atoms with Crippen molar-refractivity contribution in [1.82, 2.24) is 0 Å². The van der Waals surface area contributed by atoms with E-state index in [0.717, 1.165) is 16.7 Å². The van der Waals surface area contributed by atoms with E-state index in [0.29, 0.717) is 5.75 Å². The number of hydrogen-bond donors (Lipinski definition) is 1. The molecule has 0 aromatic heterocycles. The van der Waals surface area contributed by atoms with Gasteiger partial charge in [0.25, 0.3) is 0 Å². The molecule has 1 aromatic carbocycles. The number of aromatic hydroxyl groups is 1. The predicted molar refractivity (Wildman–Crippen MR) is 52.3 cm³/mol. The molecule has 0 aliphatic rings. The first-order valence-corrected chi connectivity index (χ1v) is 4.08. The van der Waals surface area contributed by atoms with Gasteiger partial charge < -0.3 is 5.11 Å². The normalized spacial score (nSPS) is 10.9. The summed E-state index contributed by atoms with van der Waals surface area (Å²) in [4.78, 5) is 0. The van der Waals surface area contributed by atoms with Gasteiger partial charge in [-0.3, -0.25) is 0 Å². The summed E-state index contributed by atoms with van der Waals surface area (Å²) in [5, 5.41) is 9.47. The topological polar surface area (TPSA) is 20.2 Å². The van der Waals surface area contributed by atoms with E-state index in [1.165, 1.54) is 0 Å². The molecule has 0 radical (unpaired) electrons. The minimum absolute atomic E-state index is 0.378. The van der Waals surface area contributed by atoms with Crippen molar-refractivity contribution in [2.75, 3.05) is 0 Å². The molecule has 0 atom stereocenters. The standard InChI is InChI=1S/C11H14O/c1-4-5-10-6-8(2)9(3)11(12)7-10/h4-7,12H,1-3H3/b5-4+. The molecule has 0 unspecified atom stereocenters. The van der Waals surface area contributed by atoms with Crippen LogP contribution in [-0.2, 0) is 0 Å². The maximum atomic E-state index is 9.47. The fourth-order valence-corrected chi connectivity index (χ4v) is 1.16. The second-order valence-electron chi connectivity index (χ2n) is 2.98. The van der Waals surface area contributed by atoms with E-state index in [2.05, 4.69) is 6.07 Å². The maximum absolute atomic E-state index is 9.47. The largest absolute Gasteiger partial charge is 0.508 e. The number of benzene rings is 1. The van der Waals surface area contributed by atoms with Gasteiger partial charge in [0, 0.05) is 0 Å². The highest BCUT2D eigenvalue weighted by Gasteiger charge is 1.99. The summed E-state index contributed by atoms with van der Waals surface area (Å²) in [6.07, 6.45) is 3.94. The van der Waals surface area contributed by atoms with Crippen LogP contribution in [0, 0.1) is 13.8 Å². The molecule has 0 aliphatic heterocycles. The minimum atomic E-state index is 0.378. The Hall–Kier alpha value is -1.24. The van der Waals surface area contributed by atoms with Crippen LogP contribution in [0.3, 0.4) is 0 Å². The summed E-state index contributed by atoms with van der Waals surface area (Å²) >= 11 is 0. The van der Waals surface area contributed by atoms with Gasteiger partial charge in [-0.05, 0) is 43.5 Å². The van der Waals surface area contributed by atoms with Crippen LogP contribution >= 0.6 is 0 Å². The van der Waals surface area contributed by atoms with Crippen molar-refractivity contribution >= 4 is 6.08 Å². The summed E-state index contributed by atoms with van der Waals surface area (Å²) in [6, 6.07) is 3.84. The Morgan fingerprint density at radius 1 is 1.25 bits per heavy atom. The molecule has 0 amide bonds. The number of allylic oxidation sites excluding steroid dienone is 1. The molecule has 1 aromatic rings. The van der Waals surface area contributed by atoms with Gasteiger partial charge in [-0.15, -0.1) is 0 Å². The molecule has 1 nitrogen and oxygen atoms in total. The van der Waals surface area contributed by atoms with Gasteiger partial charge in [0.05, 0.1) is 0 Å². The van der Waals surface area contributed by atoms with Crippen LogP contribution in [0.25, 0.3) is 6.08 Å². The third-order valence-electron chi connectivity index (χ3n) is 2.02. The highest BCUT2D eigenvalue weighted by molar-refractivity contribution is 5.55. The van der Waals surface area contributed by atoms with Crippen molar-refractivity contribution < 1.29 is 5.11 Å². The van der Waals surface area contributed by atoms with Gasteiger partial charge in [0.1, 0.15) is 5.75 Å². The average Bonchev–Trinajstić information content (AvgIpc) is 2.01. The van der Waals surface area contributed by atoms with Crippen LogP contribution in [0.15, 0.2) is 18.2 Å². The fourth-order valence-electron chi connectivity index (χ4n) is 1.16. The molecule has 0 heterocycles. The molecule has 0 saturated heterocycles. The van der Waals surface area contributed by atoms with Gasteiger partial charge >= 0.3 is 0 Å². The number of phenolic OH excluding ortho intramolecular Hbond substituents is 1. The number of aryl methyl sites for hydroxylation is 1. The minimum Gasteiger partial charge on any atom is -0.508 e. The first-order chi connectivity index (χ1) is 5.65. The van der Waals surface area contributed by atoms with Gasteiger partial charge in [0.2, 0.25) is 0 Å². The van der Waals surface area contributed by atoms with Gasteiger partial charge in [-0.25, -0.2) is 0 Å². The van der Waals surface area contributed by atoms with Crippen LogP contribution in [0.1, 0.15) is 23.6 Å². The molecule has 64 valence electrons. The van der Waals surface area contributed by atoms with Crippen LogP contribution < -0.4 is 0 Å². The zero-order valence-electron chi connectivity index (χ0n) is 7.76. The maximum Gasteiger partial charge on any atom is 0.119 e. The smallest absolute Gasteiger partial charge is 0.119 e. The number of hydrogen-bond acceptors (Lipinski definition) is 1. The molecule has 0 saturated carbocycles. The Morgan fingerprint density at radius 3 is 2.42 bits per heavy atom. The zero-order valence-corrected chi connectivity index (χ0v) is 7.76. The van der Waals surface area contributed by atoms with Gasteiger partial charge in [0.15, 0.2) is 0 Å². The Labute approximate surface area is 73.4 Å². The lowest BCUT2D eigenvalue weighted by atomic mass is 10.0. The number of phenols is 1. The molecule has 1 heteroatoms. The molecule has 0 bridgehead atoms. The number of rotatable bonds is 1. The first-order valence-electron chi connectivity index (χ1n) is 4.08. The quantitative estimate of drug-likeness (QED) is 0.673. The van der Waals surface area contributed by atoms with Crippen molar-refractivity contribution in [2.45, 2.75) is 20.8 Å². The van der Waals surface area contributed by atoms with E-state index in [1.54, 1.807) is 6.07 Å². The third kappa shape index (κ3) is 1.67. The van der Waals surface area contributed by atoms with Gasteiger partial charge in [-0.2, -0.15) is 0 Å². The Kier molecular flexibility index (Phi) is 2.54. The van der Waals surface area contributed by atoms with Crippen molar-refractivity contribution in [1.29, 1.82) is 0 Å². The first kappa shape index (κ1) is 8.85. The van der Waals surface area contributed by atoms with Crippen LogP contribution in [0.5, 0.6) is 5.75 Å². The molecular formula is C11H14O. The molecule has 12 heavy (non-hydrogen) atoms. The van der Waals surface area contributed by atoms with E-state index in [-0.39, 0.29) is 0 Å². The molecule has 1 N–H and O–H groups in total. The summed E-state index contributed by atoms with van der Waals surface area (Å²) in [5.74, 6) is 0.378. The summed E-state index contributed by atoms with van der Waals surface area (Å²) in [6.45, 7) is 5.89. The Bertz CT molecular complexity index is 288. The molecule has 0 aliphatic carbocycles. The van der Waals surface area contributed by atoms with Gasteiger partial charge in [-0.1, -0.05) is 18.2 Å². The lowest BCUT2D eigenvalue weighted by molar-refractivity contribution is 0.470. The lowest BCUT2D eigenvalue weighted by Gasteiger charge is -2.04. The zero-order chi connectivity index (χ0) is 9.14. The van der Waals surface area contributed by atoms with Crippen molar-refractivity contribution in [3.63, 3.8) is 0 Å². The van der Waals surface area contributed by atoms with Crippen LogP contribution in [0.4, 0.5) is 0 Å². The average molecular weight is 162 g/mol. The monoisotopic (exact) mass is 162 g/mol. The molecular weight excluding hydrogens is 148 g/mol. The lowest BCUT2D eigenvalue weighted by Crippen LogP contribution is -1.83. The Morgan fingerprint density at radius 2 is 1.92 bits per heavy atom. The van der Waals surface area contributed by atoms with Crippen LogP contribution in [-0.4, -0.2) is 5.11 Å². The van der Waals surface area contributed by atoms with E-state index >= 15 is 0 Å². The highest BCUT2D eigenvalue weighted by Crippen LogP contribution is 2.22. The van der Waals surface area contributed by atoms with E-state index in [9.17, 15) is 5.11 Å². The van der Waals surface area contributed by atoms with E-state index in [1.807, 2.05) is 32.9 Å². The summed E-state index contributed by atoms with van der Waals surface area (Å²) in [5.41, 5.74) is 3.14. The van der Waals surface area contributed by atoms with E-state index in [4.69, 9.17) is 0 Å². The summed E-state index contributed by atoms with van der Waals surface area (Å²) in [7, 11) is 0. The van der Waals surface area contributed by atoms with Crippen molar-refractivity contribution in [3.8, 4) is 5.75 Å². The molecule has 0 fully saturated rings. The second kappa shape index (κ2) is 3.44.